The lowest BCUT2D eigenvalue weighted by molar-refractivity contribution is -0.137. The van der Waals surface area contributed by atoms with Crippen LogP contribution >= 0.6 is 0 Å². The lowest BCUT2D eigenvalue weighted by Crippen LogP contribution is -2.51. The van der Waals surface area contributed by atoms with E-state index in [1.807, 2.05) is 0 Å². The molecule has 1 N–H and O–H groups in total. The molecule has 1 saturated heterocycles. The Morgan fingerprint density at radius 1 is 1.06 bits per heavy atom. The zero-order valence-electron chi connectivity index (χ0n) is 17.6. The summed E-state index contributed by atoms with van der Waals surface area (Å²) >= 11 is 0. The van der Waals surface area contributed by atoms with Crippen molar-refractivity contribution in [1.82, 2.24) is 24.7 Å². The summed E-state index contributed by atoms with van der Waals surface area (Å²) in [5.74, 6) is 1.10. The van der Waals surface area contributed by atoms with E-state index in [1.165, 1.54) is 16.9 Å². The fraction of sp³-hybridized carbons (Fsp3) is 0.524. The fourth-order valence-electron chi connectivity index (χ4n) is 4.82. The third kappa shape index (κ3) is 4.42. The van der Waals surface area contributed by atoms with Crippen molar-refractivity contribution in [3.05, 3.63) is 36.3 Å². The van der Waals surface area contributed by atoms with Crippen LogP contribution in [0.2, 0.25) is 0 Å². The Morgan fingerprint density at radius 3 is 2.45 bits per heavy atom. The summed E-state index contributed by atoms with van der Waals surface area (Å²) in [6, 6.07) is 2.58. The zero-order valence-corrected chi connectivity index (χ0v) is 17.6. The Labute approximate surface area is 186 Å². The number of rotatable bonds is 5. The predicted molar refractivity (Wildman–Crippen MR) is 111 cm³/mol. The highest BCUT2D eigenvalue weighted by molar-refractivity contribution is 5.71. The van der Waals surface area contributed by atoms with Gasteiger partial charge in [-0.1, -0.05) is 0 Å². The van der Waals surface area contributed by atoms with Crippen molar-refractivity contribution >= 4 is 22.8 Å². The molecule has 0 unspecified atom stereocenters. The molecule has 1 aliphatic carbocycles. The summed E-state index contributed by atoms with van der Waals surface area (Å²) in [4.78, 5) is 14.8. The van der Waals surface area contributed by atoms with Gasteiger partial charge in [0.1, 0.15) is 23.7 Å². The minimum atomic E-state index is -4.39. The van der Waals surface area contributed by atoms with Crippen LogP contribution in [0.5, 0.6) is 0 Å². The molecule has 0 atom stereocenters. The van der Waals surface area contributed by atoms with Gasteiger partial charge in [0.25, 0.3) is 6.43 Å². The first-order valence-electron chi connectivity index (χ1n) is 10.7. The Hall–Kier alpha value is -3.05. The SMILES string of the molecule is FC(F)Cn1ncc2ncc(N3CCC4(CC3)CC(Nc3ccc(C(F)(F)F)cn3)C4)nc21. The van der Waals surface area contributed by atoms with E-state index in [-0.39, 0.29) is 11.5 Å². The summed E-state index contributed by atoms with van der Waals surface area (Å²) in [6.07, 6.45) is 0.765. The summed E-state index contributed by atoms with van der Waals surface area (Å²) in [5.41, 5.74) is 0.265. The molecule has 33 heavy (non-hydrogen) atoms. The van der Waals surface area contributed by atoms with Crippen molar-refractivity contribution in [1.29, 1.82) is 0 Å². The van der Waals surface area contributed by atoms with Crippen LogP contribution in [0.15, 0.2) is 30.7 Å². The number of nitrogens with one attached hydrogen (secondary N) is 1. The average molecular weight is 467 g/mol. The van der Waals surface area contributed by atoms with Crippen LogP contribution in [0.4, 0.5) is 33.6 Å². The number of piperidine rings is 1. The topological polar surface area (TPSA) is 71.8 Å². The van der Waals surface area contributed by atoms with Crippen molar-refractivity contribution in [2.24, 2.45) is 5.41 Å². The molecule has 1 spiro atoms. The minimum absolute atomic E-state index is 0.181. The summed E-state index contributed by atoms with van der Waals surface area (Å²) < 4.78 is 64.8. The molecule has 1 aliphatic heterocycles. The van der Waals surface area contributed by atoms with Gasteiger partial charge in [0.05, 0.1) is 18.0 Å². The van der Waals surface area contributed by atoms with Crippen molar-refractivity contribution in [2.75, 3.05) is 23.3 Å². The zero-order chi connectivity index (χ0) is 23.2. The van der Waals surface area contributed by atoms with Crippen molar-refractivity contribution in [3.63, 3.8) is 0 Å². The predicted octanol–water partition coefficient (Wildman–Crippen LogP) is 4.37. The van der Waals surface area contributed by atoms with Gasteiger partial charge in [0.15, 0.2) is 5.65 Å². The van der Waals surface area contributed by atoms with Crippen LogP contribution in [0.1, 0.15) is 31.2 Å². The van der Waals surface area contributed by atoms with E-state index < -0.39 is 24.7 Å². The molecular formula is C21H22F5N7. The van der Waals surface area contributed by atoms with E-state index in [0.717, 1.165) is 51.0 Å². The molecule has 176 valence electrons. The molecule has 2 aliphatic rings. The normalized spacial score (nSPS) is 18.8. The number of anilines is 2. The highest BCUT2D eigenvalue weighted by atomic mass is 19.4. The number of halogens is 5. The maximum absolute atomic E-state index is 12.8. The van der Waals surface area contributed by atoms with Gasteiger partial charge in [0.2, 0.25) is 0 Å². The van der Waals surface area contributed by atoms with E-state index in [9.17, 15) is 22.0 Å². The molecule has 0 radical (unpaired) electrons. The lowest BCUT2D eigenvalue weighted by atomic mass is 9.60. The van der Waals surface area contributed by atoms with Crippen LogP contribution in [0.25, 0.3) is 11.2 Å². The second-order valence-electron chi connectivity index (χ2n) is 8.82. The van der Waals surface area contributed by atoms with Gasteiger partial charge in [-0.05, 0) is 43.2 Å². The second kappa shape index (κ2) is 8.07. The molecule has 3 aromatic heterocycles. The van der Waals surface area contributed by atoms with Crippen molar-refractivity contribution < 1.29 is 22.0 Å². The third-order valence-electron chi connectivity index (χ3n) is 6.59. The molecule has 5 rings (SSSR count). The number of hydrogen-bond acceptors (Lipinski definition) is 6. The standard InChI is InChI=1S/C21H22F5N7/c22-16(23)12-33-19-15(10-29-33)27-11-18(31-19)32-5-3-20(4-6-32)7-14(8-20)30-17-2-1-13(9-28-17)21(24,25)26/h1-2,9-11,14,16H,3-8,12H2,(H,28,30). The molecule has 0 aromatic carbocycles. The Morgan fingerprint density at radius 2 is 1.82 bits per heavy atom. The molecule has 7 nitrogen and oxygen atoms in total. The lowest BCUT2D eigenvalue weighted by Gasteiger charge is -2.52. The van der Waals surface area contributed by atoms with Crippen LogP contribution in [0.3, 0.4) is 0 Å². The highest BCUT2D eigenvalue weighted by Crippen LogP contribution is 2.50. The van der Waals surface area contributed by atoms with Gasteiger partial charge in [-0.3, -0.25) is 0 Å². The summed E-state index contributed by atoms with van der Waals surface area (Å²) in [6.45, 7) is 1.02. The largest absolute Gasteiger partial charge is 0.417 e. The van der Waals surface area contributed by atoms with E-state index in [0.29, 0.717) is 22.8 Å². The molecule has 4 heterocycles. The molecule has 0 amide bonds. The molecule has 2 fully saturated rings. The highest BCUT2D eigenvalue weighted by Gasteiger charge is 2.46. The number of aromatic nitrogens is 5. The van der Waals surface area contributed by atoms with Gasteiger partial charge in [-0.2, -0.15) is 18.3 Å². The van der Waals surface area contributed by atoms with E-state index in [2.05, 4.69) is 30.3 Å². The third-order valence-corrected chi connectivity index (χ3v) is 6.59. The first kappa shape index (κ1) is 21.8. The molecule has 12 heteroatoms. The molecule has 0 bridgehead atoms. The Bertz CT molecular complexity index is 1110. The number of alkyl halides is 5. The first-order chi connectivity index (χ1) is 15.7. The average Bonchev–Trinajstić information content (AvgIpc) is 3.14. The number of fused-ring (bicyclic) bond motifs is 1. The number of pyridine rings is 1. The number of nitrogens with zero attached hydrogens (tertiary/aromatic N) is 6. The van der Waals surface area contributed by atoms with Gasteiger partial charge in [0, 0.05) is 25.3 Å². The second-order valence-corrected chi connectivity index (χ2v) is 8.82. The molecule has 3 aromatic rings. The van der Waals surface area contributed by atoms with Crippen molar-refractivity contribution in [2.45, 2.75) is 50.9 Å². The smallest absolute Gasteiger partial charge is 0.367 e. The van der Waals surface area contributed by atoms with Crippen molar-refractivity contribution in [3.8, 4) is 0 Å². The minimum Gasteiger partial charge on any atom is -0.367 e. The maximum Gasteiger partial charge on any atom is 0.417 e. The van der Waals surface area contributed by atoms with Gasteiger partial charge in [-0.15, -0.1) is 0 Å². The quantitative estimate of drug-likeness (QED) is 0.562. The summed E-state index contributed by atoms with van der Waals surface area (Å²) in [7, 11) is 0. The van der Waals surface area contributed by atoms with Crippen LogP contribution in [-0.4, -0.2) is 50.3 Å². The van der Waals surface area contributed by atoms with Gasteiger partial charge >= 0.3 is 6.18 Å². The molecular weight excluding hydrogens is 445 g/mol. The Balaban J connectivity index is 1.17. The maximum atomic E-state index is 12.8. The van der Waals surface area contributed by atoms with E-state index >= 15 is 0 Å². The van der Waals surface area contributed by atoms with E-state index in [4.69, 9.17) is 0 Å². The first-order valence-corrected chi connectivity index (χ1v) is 10.7. The van der Waals surface area contributed by atoms with Gasteiger partial charge < -0.3 is 10.2 Å². The number of hydrogen-bond donors (Lipinski definition) is 1. The van der Waals surface area contributed by atoms with E-state index in [1.54, 1.807) is 6.20 Å². The summed E-state index contributed by atoms with van der Waals surface area (Å²) in [5, 5.41) is 7.18. The Kier molecular flexibility index (Phi) is 5.32. The monoisotopic (exact) mass is 467 g/mol. The van der Waals surface area contributed by atoms with Crippen LogP contribution < -0.4 is 10.2 Å². The van der Waals surface area contributed by atoms with Gasteiger partial charge in [-0.25, -0.2) is 28.4 Å². The van der Waals surface area contributed by atoms with Crippen LogP contribution in [0, 0.1) is 5.41 Å². The fourth-order valence-corrected chi connectivity index (χ4v) is 4.82. The van der Waals surface area contributed by atoms with Crippen LogP contribution in [-0.2, 0) is 12.7 Å². The molecule has 1 saturated carbocycles.